The summed E-state index contributed by atoms with van der Waals surface area (Å²) in [7, 11) is 0. The van der Waals surface area contributed by atoms with Crippen LogP contribution in [0, 0.1) is 6.92 Å². The molecule has 1 fully saturated rings. The van der Waals surface area contributed by atoms with Crippen LogP contribution < -0.4 is 4.90 Å². The number of benzene rings is 3. The van der Waals surface area contributed by atoms with Gasteiger partial charge in [-0.2, -0.15) is 0 Å². The smallest absolute Gasteiger partial charge is 0.256 e. The first-order valence-electron chi connectivity index (χ1n) is 10.6. The van der Waals surface area contributed by atoms with E-state index in [1.807, 2.05) is 61.5 Å². The number of H-pyrrole nitrogens is 1. The summed E-state index contributed by atoms with van der Waals surface area (Å²) in [4.78, 5) is 21.1. The predicted octanol–water partition coefficient (Wildman–Crippen LogP) is 5.78. The minimum Gasteiger partial charge on any atom is -0.356 e. The lowest BCUT2D eigenvalue weighted by molar-refractivity contribution is -0.120. The van der Waals surface area contributed by atoms with Crippen molar-refractivity contribution in [3.63, 3.8) is 0 Å². The molecule has 2 aliphatic rings. The van der Waals surface area contributed by atoms with Crippen LogP contribution in [0.5, 0.6) is 0 Å². The highest BCUT2D eigenvalue weighted by Gasteiger charge is 2.50. The number of halogens is 1. The molecular formula is C26H20ClN3OS. The number of para-hydroxylation sites is 1. The molecule has 2 aliphatic heterocycles. The summed E-state index contributed by atoms with van der Waals surface area (Å²) in [6, 6.07) is 23.4. The Labute approximate surface area is 196 Å². The summed E-state index contributed by atoms with van der Waals surface area (Å²) >= 11 is 12.3. The summed E-state index contributed by atoms with van der Waals surface area (Å²) in [6.45, 7) is 2.03. The van der Waals surface area contributed by atoms with Gasteiger partial charge >= 0.3 is 0 Å². The van der Waals surface area contributed by atoms with Gasteiger partial charge in [-0.15, -0.1) is 0 Å². The van der Waals surface area contributed by atoms with Gasteiger partial charge in [0.1, 0.15) is 6.04 Å². The number of nitrogens with zero attached hydrogens (tertiary/aromatic N) is 2. The number of hydrogen-bond donors (Lipinski definition) is 1. The Balaban J connectivity index is 1.55. The monoisotopic (exact) mass is 457 g/mol. The number of aromatic amines is 1. The molecule has 32 heavy (non-hydrogen) atoms. The molecular weight excluding hydrogens is 438 g/mol. The van der Waals surface area contributed by atoms with Gasteiger partial charge in [0.25, 0.3) is 5.91 Å². The molecule has 0 spiro atoms. The van der Waals surface area contributed by atoms with Gasteiger partial charge < -0.3 is 9.88 Å². The lowest BCUT2D eigenvalue weighted by atomic mass is 9.89. The van der Waals surface area contributed by atoms with E-state index in [-0.39, 0.29) is 18.0 Å². The molecule has 3 heterocycles. The molecule has 4 nitrogen and oxygen atoms in total. The van der Waals surface area contributed by atoms with E-state index in [4.69, 9.17) is 23.8 Å². The normalized spacial score (nSPS) is 20.1. The zero-order valence-electron chi connectivity index (χ0n) is 17.4. The van der Waals surface area contributed by atoms with Crippen molar-refractivity contribution in [2.45, 2.75) is 25.4 Å². The van der Waals surface area contributed by atoms with Gasteiger partial charge in [0.05, 0.1) is 11.7 Å². The number of carbonyl (C=O) groups excluding carboxylic acids is 1. The summed E-state index contributed by atoms with van der Waals surface area (Å²) < 4.78 is 0. The summed E-state index contributed by atoms with van der Waals surface area (Å²) in [5.41, 5.74) is 6.27. The Morgan fingerprint density at radius 3 is 2.59 bits per heavy atom. The molecule has 0 saturated carbocycles. The minimum absolute atomic E-state index is 0.0156. The van der Waals surface area contributed by atoms with E-state index < -0.39 is 0 Å². The molecule has 6 heteroatoms. The molecule has 6 rings (SSSR count). The van der Waals surface area contributed by atoms with E-state index in [1.54, 1.807) is 4.90 Å². The molecule has 1 saturated heterocycles. The van der Waals surface area contributed by atoms with Gasteiger partial charge in [-0.25, -0.2) is 0 Å². The lowest BCUT2D eigenvalue weighted by Crippen LogP contribution is -2.44. The molecule has 1 amide bonds. The Hall–Kier alpha value is -3.15. The Bertz CT molecular complexity index is 1390. The Kier molecular flexibility index (Phi) is 4.39. The highest BCUT2D eigenvalue weighted by Crippen LogP contribution is 2.45. The predicted molar refractivity (Wildman–Crippen MR) is 132 cm³/mol. The molecule has 0 bridgehead atoms. The van der Waals surface area contributed by atoms with Crippen LogP contribution in [-0.2, 0) is 11.2 Å². The third kappa shape index (κ3) is 2.81. The van der Waals surface area contributed by atoms with Gasteiger partial charge in [0.15, 0.2) is 5.11 Å². The van der Waals surface area contributed by atoms with Crippen molar-refractivity contribution in [2.24, 2.45) is 0 Å². The SMILES string of the molecule is Cc1ccc(N2C(=O)C3Cc4c([nH]c5ccccc45)C(c4cccc(Cl)c4)N3C2=S)cc1. The van der Waals surface area contributed by atoms with Crippen LogP contribution in [0.4, 0.5) is 5.69 Å². The second kappa shape index (κ2) is 7.19. The fourth-order valence-corrected chi connectivity index (χ4v) is 5.66. The third-order valence-electron chi connectivity index (χ3n) is 6.51. The molecule has 158 valence electrons. The van der Waals surface area contributed by atoms with Crippen LogP contribution in [-0.4, -0.2) is 26.9 Å². The summed E-state index contributed by atoms with van der Waals surface area (Å²) in [5.74, 6) is 0.0156. The van der Waals surface area contributed by atoms with Crippen molar-refractivity contribution in [3.05, 3.63) is 100 Å². The first-order chi connectivity index (χ1) is 15.5. The van der Waals surface area contributed by atoms with Crippen molar-refractivity contribution in [2.75, 3.05) is 4.90 Å². The molecule has 2 atom stereocenters. The summed E-state index contributed by atoms with van der Waals surface area (Å²) in [6.07, 6.45) is 0.609. The quantitative estimate of drug-likeness (QED) is 0.388. The fraction of sp³-hybridized carbons (Fsp3) is 0.154. The van der Waals surface area contributed by atoms with Gasteiger partial charge in [-0.05, 0) is 60.6 Å². The molecule has 4 aromatic rings. The maximum Gasteiger partial charge on any atom is 0.256 e. The van der Waals surface area contributed by atoms with Gasteiger partial charge in [-0.3, -0.25) is 9.69 Å². The number of hydrogen-bond acceptors (Lipinski definition) is 2. The second-order valence-corrected chi connectivity index (χ2v) is 9.24. The second-order valence-electron chi connectivity index (χ2n) is 8.44. The highest BCUT2D eigenvalue weighted by molar-refractivity contribution is 7.80. The number of aryl methyl sites for hydroxylation is 1. The number of fused-ring (bicyclic) bond motifs is 4. The van der Waals surface area contributed by atoms with Crippen molar-refractivity contribution < 1.29 is 4.79 Å². The van der Waals surface area contributed by atoms with Crippen LogP contribution >= 0.6 is 23.8 Å². The van der Waals surface area contributed by atoms with Gasteiger partial charge in [0, 0.05) is 28.0 Å². The number of carbonyl (C=O) groups is 1. The Morgan fingerprint density at radius 1 is 1.03 bits per heavy atom. The summed E-state index contributed by atoms with van der Waals surface area (Å²) in [5, 5.41) is 2.34. The maximum atomic E-state index is 13.7. The number of aromatic nitrogens is 1. The van der Waals surface area contributed by atoms with Crippen LogP contribution in [0.3, 0.4) is 0 Å². The number of rotatable bonds is 2. The topological polar surface area (TPSA) is 39.3 Å². The molecule has 3 aromatic carbocycles. The number of nitrogens with one attached hydrogen (secondary N) is 1. The first kappa shape index (κ1) is 19.5. The van der Waals surface area contributed by atoms with Gasteiger partial charge in [0.2, 0.25) is 0 Å². The number of thiocarbonyl (C=S) groups is 1. The van der Waals surface area contributed by atoms with Crippen molar-refractivity contribution >= 4 is 51.4 Å². The van der Waals surface area contributed by atoms with Crippen LogP contribution in [0.2, 0.25) is 5.02 Å². The maximum absolute atomic E-state index is 13.7. The highest BCUT2D eigenvalue weighted by atomic mass is 35.5. The third-order valence-corrected chi connectivity index (χ3v) is 7.13. The average Bonchev–Trinajstić information content (AvgIpc) is 3.28. The molecule has 1 aromatic heterocycles. The van der Waals surface area contributed by atoms with Crippen molar-refractivity contribution in [3.8, 4) is 0 Å². The average molecular weight is 458 g/mol. The van der Waals surface area contributed by atoms with Crippen molar-refractivity contribution in [1.82, 2.24) is 9.88 Å². The fourth-order valence-electron chi connectivity index (χ4n) is 5.03. The van der Waals surface area contributed by atoms with E-state index in [2.05, 4.69) is 28.1 Å². The van der Waals surface area contributed by atoms with Crippen LogP contribution in [0.25, 0.3) is 10.9 Å². The zero-order valence-corrected chi connectivity index (χ0v) is 19.0. The first-order valence-corrected chi connectivity index (χ1v) is 11.4. The molecule has 2 unspecified atom stereocenters. The number of anilines is 1. The van der Waals surface area contributed by atoms with Crippen LogP contribution in [0.15, 0.2) is 72.8 Å². The molecule has 0 aliphatic carbocycles. The van der Waals surface area contributed by atoms with Gasteiger partial charge in [-0.1, -0.05) is 59.6 Å². The number of amides is 1. The standard InChI is InChI=1S/C26H20ClN3OS/c1-15-9-11-18(12-10-15)29-25(31)22-14-20-19-7-2-3-8-21(19)28-23(20)24(30(22)26(29)32)16-5-4-6-17(27)13-16/h2-13,22,24,28H,14H2,1H3. The van der Waals surface area contributed by atoms with Crippen LogP contribution in [0.1, 0.15) is 28.4 Å². The van der Waals surface area contributed by atoms with E-state index in [9.17, 15) is 4.79 Å². The Morgan fingerprint density at radius 2 is 1.81 bits per heavy atom. The minimum atomic E-state index is -0.362. The van der Waals surface area contributed by atoms with E-state index in [1.165, 1.54) is 5.56 Å². The molecule has 0 radical (unpaired) electrons. The van der Waals surface area contributed by atoms with E-state index >= 15 is 0 Å². The largest absolute Gasteiger partial charge is 0.356 e. The van der Waals surface area contributed by atoms with E-state index in [0.717, 1.165) is 33.4 Å². The van der Waals surface area contributed by atoms with E-state index in [0.29, 0.717) is 16.6 Å². The lowest BCUT2D eigenvalue weighted by Gasteiger charge is -2.37. The van der Waals surface area contributed by atoms with Crippen molar-refractivity contribution in [1.29, 1.82) is 0 Å². The zero-order chi connectivity index (χ0) is 22.0. The molecule has 1 N–H and O–H groups in total.